The van der Waals surface area contributed by atoms with E-state index in [0.717, 1.165) is 15.9 Å². The number of amides is 1. The Hall–Kier alpha value is -3.83. The van der Waals surface area contributed by atoms with Crippen LogP contribution >= 0.6 is 0 Å². The first kappa shape index (κ1) is 33.5. The molecule has 9 heteroatoms. The molecule has 0 spiro atoms. The predicted molar refractivity (Wildman–Crippen MR) is 179 cm³/mol. The smallest absolute Gasteiger partial charge is 0.407 e. The van der Waals surface area contributed by atoms with Crippen molar-refractivity contribution in [3.63, 3.8) is 0 Å². The zero-order chi connectivity index (χ0) is 32.8. The van der Waals surface area contributed by atoms with Gasteiger partial charge in [-0.3, -0.25) is 0 Å². The molecular formula is C37H43NO7Si. The van der Waals surface area contributed by atoms with Crippen LogP contribution in [0.25, 0.3) is 0 Å². The van der Waals surface area contributed by atoms with Crippen molar-refractivity contribution in [1.82, 2.24) is 5.32 Å². The molecule has 242 valence electrons. The fraction of sp³-hybridized carbons (Fsp3) is 0.324. The van der Waals surface area contributed by atoms with Gasteiger partial charge in [-0.1, -0.05) is 142 Å². The van der Waals surface area contributed by atoms with Gasteiger partial charge in [-0.15, -0.1) is 0 Å². The average Bonchev–Trinajstić information content (AvgIpc) is 3.06. The fourth-order valence-corrected chi connectivity index (χ4v) is 10.9. The summed E-state index contributed by atoms with van der Waals surface area (Å²) in [7, 11) is -3.04. The van der Waals surface area contributed by atoms with Gasteiger partial charge in [0.1, 0.15) is 31.0 Å². The number of ether oxygens (including phenoxy) is 2. The van der Waals surface area contributed by atoms with Crippen molar-refractivity contribution in [2.75, 3.05) is 6.61 Å². The minimum absolute atomic E-state index is 0.00896. The Labute approximate surface area is 271 Å². The lowest BCUT2D eigenvalue weighted by Gasteiger charge is -2.49. The van der Waals surface area contributed by atoms with Crippen LogP contribution in [0.5, 0.6) is 0 Å². The topological polar surface area (TPSA) is 117 Å². The van der Waals surface area contributed by atoms with Gasteiger partial charge in [-0.25, -0.2) is 4.79 Å². The summed E-state index contributed by atoms with van der Waals surface area (Å²) in [4.78, 5) is 12.9. The lowest BCUT2D eigenvalue weighted by atomic mass is 9.86. The van der Waals surface area contributed by atoms with Crippen LogP contribution in [0.1, 0.15) is 31.9 Å². The molecule has 5 atom stereocenters. The fourth-order valence-electron chi connectivity index (χ4n) is 6.32. The standard InChI is InChI=1S/C37H43NO7Si/c1-36(2,3)46(29-20-12-6-13-21-29,30-22-14-7-15-23-30)44-26-31-32(39)33(40)34(37(42,45-31)24-27-16-8-4-9-17-27)38-35(41)43-25-28-18-10-5-11-19-28/h4-23,31-34,39-40,42H,24-26H2,1-3H3,(H,38,41)/t31-,32-,33+,34-,37+/m1/s1. The predicted octanol–water partition coefficient (Wildman–Crippen LogP) is 3.91. The lowest BCUT2D eigenvalue weighted by molar-refractivity contribution is -0.316. The number of hydrogen-bond donors (Lipinski definition) is 4. The largest absolute Gasteiger partial charge is 0.445 e. The van der Waals surface area contributed by atoms with Gasteiger partial charge in [-0.2, -0.15) is 0 Å². The number of aliphatic hydroxyl groups excluding tert-OH is 2. The summed E-state index contributed by atoms with van der Waals surface area (Å²) in [5.74, 6) is -2.11. The first-order valence-corrected chi connectivity index (χ1v) is 17.5. The Morgan fingerprint density at radius 3 is 1.76 bits per heavy atom. The lowest BCUT2D eigenvalue weighted by Crippen LogP contribution is -2.72. The summed E-state index contributed by atoms with van der Waals surface area (Å²) in [6.45, 7) is 6.29. The number of carbonyl (C=O) groups excluding carboxylic acids is 1. The van der Waals surface area contributed by atoms with Gasteiger partial charge < -0.3 is 34.5 Å². The van der Waals surface area contributed by atoms with E-state index in [1.165, 1.54) is 0 Å². The maximum atomic E-state index is 12.9. The number of alkyl carbamates (subject to hydrolysis) is 1. The highest BCUT2D eigenvalue weighted by atomic mass is 28.4. The van der Waals surface area contributed by atoms with Crippen LogP contribution in [0.15, 0.2) is 121 Å². The third kappa shape index (κ3) is 7.25. The van der Waals surface area contributed by atoms with E-state index in [2.05, 4.69) is 50.4 Å². The molecule has 1 heterocycles. The number of nitrogens with one attached hydrogen (secondary N) is 1. The van der Waals surface area contributed by atoms with Gasteiger partial charge in [-0.05, 0) is 26.5 Å². The summed E-state index contributed by atoms with van der Waals surface area (Å²) in [5, 5.41) is 39.3. The van der Waals surface area contributed by atoms with Crippen LogP contribution in [-0.2, 0) is 26.9 Å². The first-order chi connectivity index (χ1) is 22.0. The molecule has 0 saturated carbocycles. The molecule has 4 aromatic rings. The summed E-state index contributed by atoms with van der Waals surface area (Å²) >= 11 is 0. The van der Waals surface area contributed by atoms with Gasteiger partial charge in [0.05, 0.1) is 6.61 Å². The zero-order valence-electron chi connectivity index (χ0n) is 26.5. The van der Waals surface area contributed by atoms with Crippen molar-refractivity contribution in [2.24, 2.45) is 0 Å². The Balaban J connectivity index is 1.43. The second-order valence-electron chi connectivity index (χ2n) is 12.8. The Bertz CT molecular complexity index is 1500. The van der Waals surface area contributed by atoms with Crippen molar-refractivity contribution in [3.05, 3.63) is 132 Å². The summed E-state index contributed by atoms with van der Waals surface area (Å²) in [6.07, 6.45) is -5.15. The van der Waals surface area contributed by atoms with Crippen molar-refractivity contribution in [1.29, 1.82) is 0 Å². The summed E-state index contributed by atoms with van der Waals surface area (Å²) in [5.41, 5.74) is 1.49. The van der Waals surface area contributed by atoms with E-state index in [-0.39, 0.29) is 24.7 Å². The van der Waals surface area contributed by atoms with Crippen LogP contribution in [-0.4, -0.2) is 66.5 Å². The summed E-state index contributed by atoms with van der Waals surface area (Å²) < 4.78 is 18.7. The number of benzene rings is 4. The molecule has 1 aliphatic rings. The van der Waals surface area contributed by atoms with Crippen LogP contribution < -0.4 is 15.7 Å². The Morgan fingerprint density at radius 1 is 0.783 bits per heavy atom. The molecule has 1 fully saturated rings. The highest BCUT2D eigenvalue weighted by molar-refractivity contribution is 6.99. The van der Waals surface area contributed by atoms with Gasteiger partial charge >= 0.3 is 6.09 Å². The molecule has 0 unspecified atom stereocenters. The maximum Gasteiger partial charge on any atom is 0.407 e. The molecule has 8 nitrogen and oxygen atoms in total. The van der Waals surface area contributed by atoms with Gasteiger partial charge in [0.25, 0.3) is 8.32 Å². The second-order valence-corrected chi connectivity index (χ2v) is 17.1. The highest BCUT2D eigenvalue weighted by Gasteiger charge is 2.56. The molecule has 0 aromatic heterocycles. The monoisotopic (exact) mass is 641 g/mol. The molecule has 5 rings (SSSR count). The molecule has 1 saturated heterocycles. The third-order valence-corrected chi connectivity index (χ3v) is 13.6. The molecule has 4 N–H and O–H groups in total. The number of aliphatic hydroxyl groups is 3. The Kier molecular flexibility index (Phi) is 10.4. The molecule has 4 aromatic carbocycles. The van der Waals surface area contributed by atoms with E-state index in [4.69, 9.17) is 13.9 Å². The molecule has 1 aliphatic heterocycles. The minimum Gasteiger partial charge on any atom is -0.445 e. The van der Waals surface area contributed by atoms with E-state index in [0.29, 0.717) is 5.56 Å². The van der Waals surface area contributed by atoms with Gasteiger partial charge in [0.15, 0.2) is 5.79 Å². The number of rotatable bonds is 10. The van der Waals surface area contributed by atoms with Crippen molar-refractivity contribution in [3.8, 4) is 0 Å². The van der Waals surface area contributed by atoms with Crippen LogP contribution in [0.2, 0.25) is 5.04 Å². The van der Waals surface area contributed by atoms with E-state index in [1.807, 2.05) is 97.1 Å². The number of hydrogen-bond acceptors (Lipinski definition) is 7. The average molecular weight is 642 g/mol. The molecular weight excluding hydrogens is 598 g/mol. The van der Waals surface area contributed by atoms with Crippen LogP contribution in [0.3, 0.4) is 0 Å². The second kappa shape index (κ2) is 14.3. The van der Waals surface area contributed by atoms with Crippen molar-refractivity contribution < 1.29 is 34.0 Å². The zero-order valence-corrected chi connectivity index (χ0v) is 27.5. The van der Waals surface area contributed by atoms with Crippen molar-refractivity contribution >= 4 is 24.8 Å². The van der Waals surface area contributed by atoms with E-state index in [1.54, 1.807) is 0 Å². The molecule has 0 radical (unpaired) electrons. The molecule has 0 bridgehead atoms. The van der Waals surface area contributed by atoms with E-state index in [9.17, 15) is 20.1 Å². The first-order valence-electron chi connectivity index (χ1n) is 15.6. The van der Waals surface area contributed by atoms with Crippen LogP contribution in [0.4, 0.5) is 4.79 Å². The minimum atomic E-state index is -3.04. The van der Waals surface area contributed by atoms with E-state index >= 15 is 0 Å². The molecule has 0 aliphatic carbocycles. The highest BCUT2D eigenvalue weighted by Crippen LogP contribution is 2.38. The quantitative estimate of drug-likeness (QED) is 0.194. The van der Waals surface area contributed by atoms with Crippen molar-refractivity contribution in [2.45, 2.75) is 69.0 Å². The summed E-state index contributed by atoms with van der Waals surface area (Å²) in [6, 6.07) is 37.0. The molecule has 46 heavy (non-hydrogen) atoms. The van der Waals surface area contributed by atoms with Gasteiger partial charge in [0, 0.05) is 6.42 Å². The third-order valence-electron chi connectivity index (χ3n) is 8.58. The molecule has 1 amide bonds. The van der Waals surface area contributed by atoms with Gasteiger partial charge in [0.2, 0.25) is 0 Å². The maximum absolute atomic E-state index is 12.9. The normalized spacial score (nSPS) is 23.4. The van der Waals surface area contributed by atoms with Crippen LogP contribution in [0, 0.1) is 0 Å². The SMILES string of the molecule is CC(C)(C)[Si](OC[C@H]1O[C@@](O)(Cc2ccccc2)[C@H](NC(=O)OCc2ccccc2)[C@@H](O)[C@@H]1O)(c1ccccc1)c1ccccc1. The number of carbonyl (C=O) groups is 1. The Morgan fingerprint density at radius 2 is 1.26 bits per heavy atom. The van der Waals surface area contributed by atoms with E-state index < -0.39 is 44.6 Å².